The predicted octanol–water partition coefficient (Wildman–Crippen LogP) is 3.05. The van der Waals surface area contributed by atoms with Crippen molar-refractivity contribution in [1.29, 1.82) is 0 Å². The molecule has 0 saturated heterocycles. The number of alkyl halides is 6. The highest BCUT2D eigenvalue weighted by Crippen LogP contribution is 2.32. The second kappa shape index (κ2) is 7.72. The highest BCUT2D eigenvalue weighted by Gasteiger charge is 2.37. The molecule has 11 heteroatoms. The third kappa shape index (κ3) is 5.08. The van der Waals surface area contributed by atoms with Crippen LogP contribution < -0.4 is 16.6 Å². The van der Waals surface area contributed by atoms with Gasteiger partial charge in [-0.05, 0) is 13.8 Å². The summed E-state index contributed by atoms with van der Waals surface area (Å²) in [5.74, 6) is -0.650. The summed E-state index contributed by atoms with van der Waals surface area (Å²) >= 11 is 0. The Morgan fingerprint density at radius 3 is 2.32 bits per heavy atom. The molecule has 0 aliphatic carbocycles. The van der Waals surface area contributed by atoms with Gasteiger partial charge in [-0.2, -0.15) is 26.3 Å². The van der Waals surface area contributed by atoms with Crippen molar-refractivity contribution >= 4 is 5.95 Å². The van der Waals surface area contributed by atoms with Crippen LogP contribution >= 0.6 is 0 Å². The number of allylic oxidation sites excluding steroid dienone is 2. The smallest absolute Gasteiger partial charge is 0.327 e. The maximum Gasteiger partial charge on any atom is 0.433 e. The molecule has 0 saturated carbocycles. The highest BCUT2D eigenvalue weighted by atomic mass is 19.4. The van der Waals surface area contributed by atoms with Crippen molar-refractivity contribution in [2.75, 3.05) is 11.9 Å². The number of hydrogen-bond donors (Lipinski definition) is 2. The van der Waals surface area contributed by atoms with E-state index in [-0.39, 0.29) is 12.6 Å². The van der Waals surface area contributed by atoms with Gasteiger partial charge in [0, 0.05) is 24.9 Å². The van der Waals surface area contributed by atoms with Gasteiger partial charge < -0.3 is 11.1 Å². The molecule has 0 aromatic carbocycles. The Balaban J connectivity index is 3.48. The summed E-state index contributed by atoms with van der Waals surface area (Å²) in [4.78, 5) is 15.1. The second-order valence-electron chi connectivity index (χ2n) is 4.72. The van der Waals surface area contributed by atoms with Crippen molar-refractivity contribution < 1.29 is 26.3 Å². The number of halogens is 6. The van der Waals surface area contributed by atoms with Crippen LogP contribution in [0.25, 0.3) is 0 Å². The maximum absolute atomic E-state index is 13.1. The van der Waals surface area contributed by atoms with Crippen LogP contribution in [0.3, 0.4) is 0 Å². The van der Waals surface area contributed by atoms with Crippen LogP contribution in [0.4, 0.5) is 32.3 Å². The summed E-state index contributed by atoms with van der Waals surface area (Å²) in [5, 5.41) is 2.16. The lowest BCUT2D eigenvalue weighted by molar-refractivity contribution is -0.141. The Labute approximate surface area is 138 Å². The van der Waals surface area contributed by atoms with Gasteiger partial charge in [-0.1, -0.05) is 12.2 Å². The lowest BCUT2D eigenvalue weighted by Gasteiger charge is -2.19. The molecule has 0 aliphatic rings. The molecular formula is C14H16F6N4O. The van der Waals surface area contributed by atoms with Crippen molar-refractivity contribution in [3.63, 3.8) is 0 Å². The van der Waals surface area contributed by atoms with Crippen molar-refractivity contribution in [2.24, 2.45) is 5.73 Å². The zero-order chi connectivity index (χ0) is 19.4. The fourth-order valence-electron chi connectivity index (χ4n) is 1.96. The molecule has 1 heterocycles. The zero-order valence-electron chi connectivity index (χ0n) is 13.3. The molecule has 0 unspecified atom stereocenters. The van der Waals surface area contributed by atoms with Crippen molar-refractivity contribution in [2.45, 2.75) is 32.7 Å². The summed E-state index contributed by atoms with van der Waals surface area (Å²) in [7, 11) is 0. The summed E-state index contributed by atoms with van der Waals surface area (Å²) in [6.07, 6.45) is -8.04. The number of nitrogens with one attached hydrogen (secondary N) is 1. The van der Waals surface area contributed by atoms with E-state index < -0.39 is 47.4 Å². The molecule has 25 heavy (non-hydrogen) atoms. The van der Waals surface area contributed by atoms with Gasteiger partial charge >= 0.3 is 12.4 Å². The Bertz CT molecular complexity index is 730. The molecule has 0 aliphatic heterocycles. The third-order valence-corrected chi connectivity index (χ3v) is 3.07. The van der Waals surface area contributed by atoms with E-state index in [4.69, 9.17) is 5.73 Å². The van der Waals surface area contributed by atoms with Crippen molar-refractivity contribution in [1.82, 2.24) is 9.55 Å². The lowest BCUT2D eigenvalue weighted by atomic mass is 10.1. The van der Waals surface area contributed by atoms with Gasteiger partial charge in [0.25, 0.3) is 5.56 Å². The van der Waals surface area contributed by atoms with Crippen LogP contribution in [0.5, 0.6) is 0 Å². The first-order valence-corrected chi connectivity index (χ1v) is 7.05. The second-order valence-corrected chi connectivity index (χ2v) is 4.72. The SMILES string of the molecule is C/C=C(Nc1nc(C(F)(F)F)cc(=O)n1CC)\C(=C/CN)C(F)(F)F. The van der Waals surface area contributed by atoms with E-state index in [0.29, 0.717) is 6.08 Å². The summed E-state index contributed by atoms with van der Waals surface area (Å²) in [5.41, 5.74) is 0.839. The van der Waals surface area contributed by atoms with E-state index >= 15 is 0 Å². The first-order chi connectivity index (χ1) is 11.5. The highest BCUT2D eigenvalue weighted by molar-refractivity contribution is 5.48. The van der Waals surface area contributed by atoms with Gasteiger partial charge in [0.15, 0.2) is 5.69 Å². The van der Waals surface area contributed by atoms with E-state index in [9.17, 15) is 31.1 Å². The van der Waals surface area contributed by atoms with Crippen LogP contribution in [0.15, 0.2) is 34.3 Å². The van der Waals surface area contributed by atoms with Gasteiger partial charge in [0.05, 0.1) is 5.57 Å². The lowest BCUT2D eigenvalue weighted by Crippen LogP contribution is -2.28. The molecule has 0 bridgehead atoms. The minimum absolute atomic E-state index is 0.0920. The van der Waals surface area contributed by atoms with Crippen LogP contribution in [0.1, 0.15) is 19.5 Å². The quantitative estimate of drug-likeness (QED) is 0.617. The molecule has 0 spiro atoms. The van der Waals surface area contributed by atoms with Gasteiger partial charge in [-0.25, -0.2) is 4.98 Å². The molecule has 0 radical (unpaired) electrons. The van der Waals surface area contributed by atoms with Crippen LogP contribution in [-0.4, -0.2) is 22.3 Å². The monoisotopic (exact) mass is 370 g/mol. The maximum atomic E-state index is 13.1. The van der Waals surface area contributed by atoms with E-state index in [1.807, 2.05) is 0 Å². The molecule has 0 atom stereocenters. The van der Waals surface area contributed by atoms with E-state index in [1.54, 1.807) is 0 Å². The van der Waals surface area contributed by atoms with Gasteiger partial charge in [0.2, 0.25) is 5.95 Å². The Morgan fingerprint density at radius 2 is 1.92 bits per heavy atom. The topological polar surface area (TPSA) is 72.9 Å². The molecule has 3 N–H and O–H groups in total. The first-order valence-electron chi connectivity index (χ1n) is 7.05. The Hall–Kier alpha value is -2.30. The average Bonchev–Trinajstić information content (AvgIpc) is 2.48. The Morgan fingerprint density at radius 1 is 1.32 bits per heavy atom. The Kier molecular flexibility index (Phi) is 6.41. The largest absolute Gasteiger partial charge is 0.433 e. The fraction of sp³-hybridized carbons (Fsp3) is 0.429. The number of rotatable bonds is 5. The first kappa shape index (κ1) is 20.7. The molecule has 1 rings (SSSR count). The molecule has 1 aromatic rings. The minimum Gasteiger partial charge on any atom is -0.327 e. The molecule has 0 amide bonds. The standard InChI is InChI=1S/C14H16F6N4O/c1-3-9(8(5-6-21)13(15,16)17)22-12-23-10(14(18,19)20)7-11(25)24(12)4-2/h3,5,7H,4,6,21H2,1-2H3,(H,22,23)/b8-5+,9-3+. The zero-order valence-corrected chi connectivity index (χ0v) is 13.3. The van der Waals surface area contributed by atoms with E-state index in [1.165, 1.54) is 13.8 Å². The van der Waals surface area contributed by atoms with Gasteiger partial charge in [-0.15, -0.1) is 0 Å². The number of anilines is 1. The van der Waals surface area contributed by atoms with Crippen LogP contribution in [0, 0.1) is 0 Å². The molecule has 0 fully saturated rings. The fourth-order valence-corrected chi connectivity index (χ4v) is 1.96. The number of nitrogens with zero attached hydrogens (tertiary/aromatic N) is 2. The van der Waals surface area contributed by atoms with Crippen molar-refractivity contribution in [3.05, 3.63) is 45.5 Å². The number of aromatic nitrogens is 2. The summed E-state index contributed by atoms with van der Waals surface area (Å²) in [6, 6.07) is 0.282. The summed E-state index contributed by atoms with van der Waals surface area (Å²) in [6.45, 7) is 2.16. The predicted molar refractivity (Wildman–Crippen MR) is 79.7 cm³/mol. The molecule has 140 valence electrons. The van der Waals surface area contributed by atoms with E-state index in [0.717, 1.165) is 10.6 Å². The van der Waals surface area contributed by atoms with Gasteiger partial charge in [0.1, 0.15) is 0 Å². The van der Waals surface area contributed by atoms with Crippen LogP contribution in [0.2, 0.25) is 0 Å². The van der Waals surface area contributed by atoms with Crippen molar-refractivity contribution in [3.8, 4) is 0 Å². The summed E-state index contributed by atoms with van der Waals surface area (Å²) < 4.78 is 78.5. The van der Waals surface area contributed by atoms with Gasteiger partial charge in [-0.3, -0.25) is 9.36 Å². The number of nitrogens with two attached hydrogens (primary N) is 1. The molecule has 1 aromatic heterocycles. The van der Waals surface area contributed by atoms with Crippen LogP contribution in [-0.2, 0) is 12.7 Å². The minimum atomic E-state index is -4.92. The number of hydrogen-bond acceptors (Lipinski definition) is 4. The van der Waals surface area contributed by atoms with E-state index in [2.05, 4.69) is 10.3 Å². The molecular weight excluding hydrogens is 354 g/mol. The molecule has 5 nitrogen and oxygen atoms in total. The third-order valence-electron chi connectivity index (χ3n) is 3.07. The average molecular weight is 370 g/mol. The normalized spacial score (nSPS) is 14.0.